The van der Waals surface area contributed by atoms with Crippen molar-refractivity contribution in [3.63, 3.8) is 0 Å². The number of halogens is 1. The monoisotopic (exact) mass is 283 g/mol. The number of amides is 1. The second-order valence-corrected chi connectivity index (χ2v) is 4.78. The second kappa shape index (κ2) is 6.04. The van der Waals surface area contributed by atoms with Crippen molar-refractivity contribution in [3.05, 3.63) is 29.3 Å². The number of ether oxygens (including phenoxy) is 1. The fraction of sp³-hybridized carbons (Fsp3) is 0.385. The van der Waals surface area contributed by atoms with Gasteiger partial charge in [-0.25, -0.2) is 0 Å². The molecule has 102 valence electrons. The standard InChI is InChI=1S/C13H14ClNO4/c14-9-2-1-3-10(6-9)15-11(4-5-13(17)18)7-19-8-12(15)16/h1-3,6,11H,4-5,7-8H2,(H,17,18). The Morgan fingerprint density at radius 2 is 2.32 bits per heavy atom. The maximum Gasteiger partial charge on any atom is 0.303 e. The van der Waals surface area contributed by atoms with Crippen LogP contribution >= 0.6 is 11.6 Å². The number of carbonyl (C=O) groups excluding carboxylic acids is 1. The number of carbonyl (C=O) groups is 2. The van der Waals surface area contributed by atoms with E-state index in [1.807, 2.05) is 0 Å². The average Bonchev–Trinajstić information content (AvgIpc) is 2.36. The van der Waals surface area contributed by atoms with Gasteiger partial charge < -0.3 is 14.7 Å². The van der Waals surface area contributed by atoms with Crippen LogP contribution in [0.4, 0.5) is 5.69 Å². The lowest BCUT2D eigenvalue weighted by Crippen LogP contribution is -2.49. The third kappa shape index (κ3) is 3.45. The number of aliphatic carboxylic acids is 1. The van der Waals surface area contributed by atoms with E-state index in [4.69, 9.17) is 21.4 Å². The Bertz CT molecular complexity index is 491. The van der Waals surface area contributed by atoms with Crippen LogP contribution < -0.4 is 4.90 Å². The maximum absolute atomic E-state index is 12.0. The van der Waals surface area contributed by atoms with Crippen molar-refractivity contribution in [2.24, 2.45) is 0 Å². The Hall–Kier alpha value is -1.59. The van der Waals surface area contributed by atoms with Crippen LogP contribution in [0.3, 0.4) is 0 Å². The van der Waals surface area contributed by atoms with Crippen molar-refractivity contribution in [3.8, 4) is 0 Å². The molecular formula is C13H14ClNO4. The van der Waals surface area contributed by atoms with Crippen molar-refractivity contribution < 1.29 is 19.4 Å². The van der Waals surface area contributed by atoms with Gasteiger partial charge in [-0.2, -0.15) is 0 Å². The first-order chi connectivity index (χ1) is 9.08. The Morgan fingerprint density at radius 3 is 3.00 bits per heavy atom. The lowest BCUT2D eigenvalue weighted by atomic mass is 10.1. The molecule has 1 fully saturated rings. The van der Waals surface area contributed by atoms with Gasteiger partial charge in [0.25, 0.3) is 5.91 Å². The molecule has 0 radical (unpaired) electrons. The van der Waals surface area contributed by atoms with Gasteiger partial charge in [0, 0.05) is 17.1 Å². The van der Waals surface area contributed by atoms with Gasteiger partial charge in [0.05, 0.1) is 12.6 Å². The molecule has 0 spiro atoms. The van der Waals surface area contributed by atoms with Crippen LogP contribution in [0.2, 0.25) is 5.02 Å². The highest BCUT2D eigenvalue weighted by Crippen LogP contribution is 2.25. The summed E-state index contributed by atoms with van der Waals surface area (Å²) in [5, 5.41) is 9.28. The van der Waals surface area contributed by atoms with E-state index >= 15 is 0 Å². The second-order valence-electron chi connectivity index (χ2n) is 4.34. The van der Waals surface area contributed by atoms with Gasteiger partial charge in [-0.05, 0) is 24.6 Å². The molecule has 19 heavy (non-hydrogen) atoms. The van der Waals surface area contributed by atoms with Crippen LogP contribution in [0.15, 0.2) is 24.3 Å². The summed E-state index contributed by atoms with van der Waals surface area (Å²) in [6.45, 7) is 0.349. The van der Waals surface area contributed by atoms with E-state index in [2.05, 4.69) is 0 Å². The first kappa shape index (κ1) is 13.8. The number of carboxylic acid groups (broad SMARTS) is 1. The van der Waals surface area contributed by atoms with E-state index in [9.17, 15) is 9.59 Å². The molecule has 6 heteroatoms. The fourth-order valence-corrected chi connectivity index (χ4v) is 2.30. The van der Waals surface area contributed by atoms with Crippen LogP contribution in [-0.2, 0) is 14.3 Å². The number of rotatable bonds is 4. The summed E-state index contributed by atoms with van der Waals surface area (Å²) in [6, 6.07) is 6.69. The zero-order chi connectivity index (χ0) is 13.8. The maximum atomic E-state index is 12.0. The lowest BCUT2D eigenvalue weighted by Gasteiger charge is -2.35. The minimum Gasteiger partial charge on any atom is -0.481 e. The number of carboxylic acids is 1. The van der Waals surface area contributed by atoms with Crippen LogP contribution in [0.25, 0.3) is 0 Å². The zero-order valence-corrected chi connectivity index (χ0v) is 11.0. The smallest absolute Gasteiger partial charge is 0.303 e. The van der Waals surface area contributed by atoms with Gasteiger partial charge in [0.2, 0.25) is 0 Å². The predicted octanol–water partition coefficient (Wildman–Crippen LogP) is 1.94. The molecule has 1 aromatic rings. The van der Waals surface area contributed by atoms with Crippen molar-refractivity contribution in [2.75, 3.05) is 18.1 Å². The van der Waals surface area contributed by atoms with E-state index in [1.165, 1.54) is 0 Å². The third-order valence-electron chi connectivity index (χ3n) is 2.95. The van der Waals surface area contributed by atoms with E-state index < -0.39 is 5.97 Å². The fourth-order valence-electron chi connectivity index (χ4n) is 2.11. The van der Waals surface area contributed by atoms with Gasteiger partial charge >= 0.3 is 5.97 Å². The summed E-state index contributed by atoms with van der Waals surface area (Å²) in [4.78, 5) is 24.2. The highest BCUT2D eigenvalue weighted by molar-refractivity contribution is 6.30. The topological polar surface area (TPSA) is 66.8 Å². The summed E-state index contributed by atoms with van der Waals surface area (Å²) in [5.74, 6) is -1.06. The largest absolute Gasteiger partial charge is 0.481 e. The minimum absolute atomic E-state index is 0.00161. The number of hydrogen-bond donors (Lipinski definition) is 1. The summed E-state index contributed by atoms with van der Waals surface area (Å²) < 4.78 is 5.19. The van der Waals surface area contributed by atoms with E-state index in [0.29, 0.717) is 23.7 Å². The van der Waals surface area contributed by atoms with Crippen molar-refractivity contribution in [1.29, 1.82) is 0 Å². The molecule has 1 unspecified atom stereocenters. The number of morpholine rings is 1. The Morgan fingerprint density at radius 1 is 1.53 bits per heavy atom. The first-order valence-electron chi connectivity index (χ1n) is 5.95. The number of benzene rings is 1. The SMILES string of the molecule is O=C(O)CCC1COCC(=O)N1c1cccc(Cl)c1. The summed E-state index contributed by atoms with van der Waals surface area (Å²) >= 11 is 5.92. The summed E-state index contributed by atoms with van der Waals surface area (Å²) in [5.41, 5.74) is 0.677. The van der Waals surface area contributed by atoms with E-state index in [1.54, 1.807) is 29.2 Å². The van der Waals surface area contributed by atoms with Gasteiger partial charge in [-0.15, -0.1) is 0 Å². The van der Waals surface area contributed by atoms with Crippen molar-refractivity contribution in [2.45, 2.75) is 18.9 Å². The first-order valence-corrected chi connectivity index (χ1v) is 6.33. The molecule has 1 amide bonds. The normalized spacial score (nSPS) is 19.5. The molecular weight excluding hydrogens is 270 g/mol. The quantitative estimate of drug-likeness (QED) is 0.917. The predicted molar refractivity (Wildman–Crippen MR) is 70.4 cm³/mol. The molecule has 1 heterocycles. The molecule has 1 aliphatic rings. The molecule has 0 aromatic heterocycles. The number of nitrogens with zero attached hydrogens (tertiary/aromatic N) is 1. The highest BCUT2D eigenvalue weighted by atomic mass is 35.5. The molecule has 0 aliphatic carbocycles. The Balaban J connectivity index is 2.20. The highest BCUT2D eigenvalue weighted by Gasteiger charge is 2.30. The summed E-state index contributed by atoms with van der Waals surface area (Å²) in [7, 11) is 0. The zero-order valence-electron chi connectivity index (χ0n) is 10.2. The molecule has 1 saturated heterocycles. The molecule has 1 N–H and O–H groups in total. The Kier molecular flexibility index (Phi) is 4.39. The average molecular weight is 284 g/mol. The third-order valence-corrected chi connectivity index (χ3v) is 3.18. The summed E-state index contributed by atoms with van der Waals surface area (Å²) in [6.07, 6.45) is 0.353. The van der Waals surface area contributed by atoms with Crippen LogP contribution in [0.5, 0.6) is 0 Å². The molecule has 1 aliphatic heterocycles. The molecule has 2 rings (SSSR count). The number of hydrogen-bond acceptors (Lipinski definition) is 3. The van der Waals surface area contributed by atoms with Gasteiger partial charge in [0.15, 0.2) is 0 Å². The molecule has 1 atom stereocenters. The van der Waals surface area contributed by atoms with Crippen LogP contribution in [-0.4, -0.2) is 36.2 Å². The lowest BCUT2D eigenvalue weighted by molar-refractivity contribution is -0.138. The van der Waals surface area contributed by atoms with Gasteiger partial charge in [0.1, 0.15) is 6.61 Å². The molecule has 1 aromatic carbocycles. The van der Waals surface area contributed by atoms with Crippen molar-refractivity contribution >= 4 is 29.2 Å². The van der Waals surface area contributed by atoms with Crippen LogP contribution in [0, 0.1) is 0 Å². The van der Waals surface area contributed by atoms with E-state index in [0.717, 1.165) is 0 Å². The molecule has 0 bridgehead atoms. The van der Waals surface area contributed by atoms with E-state index in [-0.39, 0.29) is 25.0 Å². The van der Waals surface area contributed by atoms with Crippen LogP contribution in [0.1, 0.15) is 12.8 Å². The van der Waals surface area contributed by atoms with Crippen molar-refractivity contribution in [1.82, 2.24) is 0 Å². The molecule has 0 saturated carbocycles. The Labute approximate surface area is 115 Å². The number of anilines is 1. The van der Waals surface area contributed by atoms with Gasteiger partial charge in [-0.3, -0.25) is 9.59 Å². The van der Waals surface area contributed by atoms with Gasteiger partial charge in [-0.1, -0.05) is 17.7 Å². The molecule has 5 nitrogen and oxygen atoms in total. The minimum atomic E-state index is -0.885.